The van der Waals surface area contributed by atoms with E-state index in [2.05, 4.69) is 11.9 Å². The quantitative estimate of drug-likeness (QED) is 0.514. The van der Waals surface area contributed by atoms with Gasteiger partial charge in [0.15, 0.2) is 0 Å². The number of carbonyl (C=O) groups is 1. The summed E-state index contributed by atoms with van der Waals surface area (Å²) in [5.41, 5.74) is 2.59. The number of amides is 1. The van der Waals surface area contributed by atoms with Gasteiger partial charge >= 0.3 is 0 Å². The number of carbonyl (C=O) groups excluding carboxylic acids is 1. The van der Waals surface area contributed by atoms with Crippen LogP contribution in [-0.4, -0.2) is 53.3 Å². The van der Waals surface area contributed by atoms with Gasteiger partial charge in [0.1, 0.15) is 0 Å². The Bertz CT molecular complexity index is 1270. The molecule has 0 unspecified atom stereocenters. The second-order valence-corrected chi connectivity index (χ2v) is 8.39. The van der Waals surface area contributed by atoms with Crippen molar-refractivity contribution in [3.05, 3.63) is 76.0 Å². The summed E-state index contributed by atoms with van der Waals surface area (Å²) < 4.78 is 2.62. The molecule has 1 fully saturated rings. The van der Waals surface area contributed by atoms with E-state index >= 15 is 0 Å². The number of likely N-dealkylation sites (N-methyl/N-ethyl adjacent to an activating group) is 1. The number of pyridine rings is 2. The number of fused-ring (bicyclic) bond motifs is 3. The van der Waals surface area contributed by atoms with Crippen LogP contribution in [0.2, 0.25) is 0 Å². The van der Waals surface area contributed by atoms with Gasteiger partial charge in [-0.15, -0.1) is 11.3 Å². The third-order valence-electron chi connectivity index (χ3n) is 5.65. The zero-order chi connectivity index (χ0) is 20.0. The molecule has 0 aliphatic carbocycles. The molecule has 146 valence electrons. The van der Waals surface area contributed by atoms with Crippen LogP contribution in [0.25, 0.3) is 26.7 Å². The SMILES string of the molecule is CN1CCN(C(=O)c2cc(-c3ccccc3)c(=O)n3ccc4ccsc4c23)CC1. The van der Waals surface area contributed by atoms with E-state index in [4.69, 9.17) is 0 Å². The van der Waals surface area contributed by atoms with Gasteiger partial charge in [0.2, 0.25) is 0 Å². The Balaban J connectivity index is 1.78. The van der Waals surface area contributed by atoms with E-state index in [-0.39, 0.29) is 11.5 Å². The maximum absolute atomic E-state index is 13.6. The van der Waals surface area contributed by atoms with E-state index in [1.54, 1.807) is 28.0 Å². The number of piperazine rings is 1. The summed E-state index contributed by atoms with van der Waals surface area (Å²) in [6.45, 7) is 3.11. The first-order valence-corrected chi connectivity index (χ1v) is 10.6. The number of thiophene rings is 1. The molecule has 1 aliphatic rings. The van der Waals surface area contributed by atoms with Crippen molar-refractivity contribution >= 4 is 32.8 Å². The smallest absolute Gasteiger partial charge is 0.263 e. The van der Waals surface area contributed by atoms with E-state index in [9.17, 15) is 9.59 Å². The van der Waals surface area contributed by atoms with Crippen molar-refractivity contribution in [1.29, 1.82) is 0 Å². The molecule has 5 nitrogen and oxygen atoms in total. The lowest BCUT2D eigenvalue weighted by Crippen LogP contribution is -2.47. The Morgan fingerprint density at radius 1 is 1.00 bits per heavy atom. The normalized spacial score (nSPS) is 15.3. The fraction of sp³-hybridized carbons (Fsp3) is 0.217. The number of rotatable bonds is 2. The zero-order valence-corrected chi connectivity index (χ0v) is 17.0. The second-order valence-electron chi connectivity index (χ2n) is 7.48. The van der Waals surface area contributed by atoms with Crippen LogP contribution in [0.5, 0.6) is 0 Å². The molecule has 0 saturated carbocycles. The van der Waals surface area contributed by atoms with Gasteiger partial charge < -0.3 is 9.80 Å². The summed E-state index contributed by atoms with van der Waals surface area (Å²) in [5.74, 6) is -0.00585. The maximum Gasteiger partial charge on any atom is 0.263 e. The summed E-state index contributed by atoms with van der Waals surface area (Å²) in [7, 11) is 2.07. The highest BCUT2D eigenvalue weighted by Crippen LogP contribution is 2.30. The lowest BCUT2D eigenvalue weighted by molar-refractivity contribution is 0.0666. The third-order valence-corrected chi connectivity index (χ3v) is 6.59. The van der Waals surface area contributed by atoms with Gasteiger partial charge in [-0.25, -0.2) is 0 Å². The molecule has 0 N–H and O–H groups in total. The zero-order valence-electron chi connectivity index (χ0n) is 16.2. The van der Waals surface area contributed by atoms with E-state index in [0.29, 0.717) is 29.7 Å². The van der Waals surface area contributed by atoms with Gasteiger partial charge in [0.05, 0.1) is 15.8 Å². The predicted octanol–water partition coefficient (Wildman–Crippen LogP) is 3.57. The molecule has 1 saturated heterocycles. The molecule has 4 heterocycles. The first kappa shape index (κ1) is 18.1. The Labute approximate surface area is 172 Å². The van der Waals surface area contributed by atoms with Gasteiger partial charge in [-0.1, -0.05) is 30.3 Å². The lowest BCUT2D eigenvalue weighted by Gasteiger charge is -2.32. The minimum absolute atomic E-state index is 0.00585. The van der Waals surface area contributed by atoms with Gasteiger partial charge in [-0.2, -0.15) is 0 Å². The standard InChI is InChI=1S/C23H21N3O2S/c1-24-10-12-25(13-11-24)22(27)19-15-18(16-5-3-2-4-6-16)23(28)26-9-7-17-8-14-29-21(17)20(19)26/h2-9,14-15H,10-13H2,1H3. The van der Waals surface area contributed by atoms with Gasteiger partial charge in [-0.05, 0) is 41.6 Å². The summed E-state index contributed by atoms with van der Waals surface area (Å²) in [6.07, 6.45) is 1.79. The minimum atomic E-state index is -0.101. The van der Waals surface area contributed by atoms with E-state index < -0.39 is 0 Å². The van der Waals surface area contributed by atoms with E-state index in [1.165, 1.54) is 0 Å². The van der Waals surface area contributed by atoms with Gasteiger partial charge in [0.25, 0.3) is 11.5 Å². The average Bonchev–Trinajstić information content (AvgIpc) is 3.24. The number of aromatic nitrogens is 1. The van der Waals surface area contributed by atoms with Crippen LogP contribution in [-0.2, 0) is 0 Å². The molecule has 6 heteroatoms. The first-order chi connectivity index (χ1) is 14.1. The molecule has 1 aromatic carbocycles. The van der Waals surface area contributed by atoms with Crippen LogP contribution < -0.4 is 5.56 Å². The molecule has 0 spiro atoms. The summed E-state index contributed by atoms with van der Waals surface area (Å²) in [6, 6.07) is 15.3. The molecule has 0 radical (unpaired) electrons. The second kappa shape index (κ2) is 7.13. The molecule has 1 amide bonds. The summed E-state index contributed by atoms with van der Waals surface area (Å²) in [4.78, 5) is 31.0. The fourth-order valence-electron chi connectivity index (χ4n) is 3.97. The fourth-order valence-corrected chi connectivity index (χ4v) is 4.92. The Kier molecular flexibility index (Phi) is 4.45. The van der Waals surface area contributed by atoms with Crippen molar-refractivity contribution in [1.82, 2.24) is 14.2 Å². The first-order valence-electron chi connectivity index (χ1n) is 9.72. The third kappa shape index (κ3) is 3.05. The maximum atomic E-state index is 13.6. The van der Waals surface area contributed by atoms with Crippen LogP contribution in [0, 0.1) is 0 Å². The van der Waals surface area contributed by atoms with Crippen LogP contribution in [0.3, 0.4) is 0 Å². The van der Waals surface area contributed by atoms with Crippen LogP contribution in [0.15, 0.2) is 64.9 Å². The van der Waals surface area contributed by atoms with Crippen molar-refractivity contribution in [3.63, 3.8) is 0 Å². The van der Waals surface area contributed by atoms with Crippen molar-refractivity contribution in [2.45, 2.75) is 0 Å². The largest absolute Gasteiger partial charge is 0.336 e. The van der Waals surface area contributed by atoms with Crippen LogP contribution in [0.1, 0.15) is 10.4 Å². The molecule has 5 rings (SSSR count). The molecule has 0 bridgehead atoms. The van der Waals surface area contributed by atoms with E-state index in [0.717, 1.165) is 28.7 Å². The highest BCUT2D eigenvalue weighted by atomic mass is 32.1. The van der Waals surface area contributed by atoms with Crippen LogP contribution >= 0.6 is 11.3 Å². The Morgan fingerprint density at radius 2 is 1.76 bits per heavy atom. The molecule has 1 aliphatic heterocycles. The van der Waals surface area contributed by atoms with Crippen molar-refractivity contribution in [2.75, 3.05) is 33.2 Å². The van der Waals surface area contributed by atoms with Crippen molar-refractivity contribution in [3.8, 4) is 11.1 Å². The Morgan fingerprint density at radius 3 is 2.52 bits per heavy atom. The Hall–Kier alpha value is -2.96. The summed E-state index contributed by atoms with van der Waals surface area (Å²) >= 11 is 1.57. The number of benzene rings is 1. The molecule has 3 aromatic heterocycles. The number of hydrogen-bond donors (Lipinski definition) is 0. The number of nitrogens with zero attached hydrogens (tertiary/aromatic N) is 3. The number of hydrogen-bond acceptors (Lipinski definition) is 4. The van der Waals surface area contributed by atoms with Gasteiger partial charge in [-0.3, -0.25) is 14.0 Å². The topological polar surface area (TPSA) is 45.0 Å². The van der Waals surface area contributed by atoms with Crippen LogP contribution in [0.4, 0.5) is 0 Å². The highest BCUT2D eigenvalue weighted by Gasteiger charge is 2.25. The highest BCUT2D eigenvalue weighted by molar-refractivity contribution is 7.18. The van der Waals surface area contributed by atoms with Gasteiger partial charge in [0, 0.05) is 37.9 Å². The van der Waals surface area contributed by atoms with Crippen molar-refractivity contribution in [2.24, 2.45) is 0 Å². The average molecular weight is 404 g/mol. The predicted molar refractivity (Wildman–Crippen MR) is 118 cm³/mol. The summed E-state index contributed by atoms with van der Waals surface area (Å²) in [5, 5.41) is 3.05. The van der Waals surface area contributed by atoms with Crippen molar-refractivity contribution < 1.29 is 4.79 Å². The lowest BCUT2D eigenvalue weighted by atomic mass is 10.0. The molecule has 0 atom stereocenters. The minimum Gasteiger partial charge on any atom is -0.336 e. The molecule has 29 heavy (non-hydrogen) atoms. The monoisotopic (exact) mass is 403 g/mol. The molecular formula is C23H21N3O2S. The van der Waals surface area contributed by atoms with E-state index in [1.807, 2.05) is 52.7 Å². The molecule has 4 aromatic rings. The molecular weight excluding hydrogens is 382 g/mol.